The van der Waals surface area contributed by atoms with Crippen LogP contribution in [0.2, 0.25) is 0 Å². The van der Waals surface area contributed by atoms with E-state index in [4.69, 9.17) is 5.84 Å². The predicted molar refractivity (Wildman–Crippen MR) is 110 cm³/mol. The molecule has 2 rings (SSSR count). The number of anilines is 2. The molecule has 0 aliphatic carbocycles. The van der Waals surface area contributed by atoms with E-state index >= 15 is 0 Å². The van der Waals surface area contributed by atoms with Gasteiger partial charge in [0.15, 0.2) is 12.1 Å². The molecule has 1 heterocycles. The van der Waals surface area contributed by atoms with Crippen LogP contribution in [0.3, 0.4) is 0 Å². The lowest BCUT2D eigenvalue weighted by Gasteiger charge is -2.09. The Morgan fingerprint density at radius 1 is 1.10 bits per heavy atom. The van der Waals surface area contributed by atoms with Gasteiger partial charge in [0.1, 0.15) is 12.0 Å². The van der Waals surface area contributed by atoms with Gasteiger partial charge in [-0.3, -0.25) is 14.4 Å². The van der Waals surface area contributed by atoms with Gasteiger partial charge in [-0.25, -0.2) is 15.8 Å². The van der Waals surface area contributed by atoms with E-state index in [0.717, 1.165) is 5.69 Å². The smallest absolute Gasteiger partial charge is 0.251 e. The Morgan fingerprint density at radius 2 is 1.87 bits per heavy atom. The molecule has 0 saturated heterocycles. The second-order valence-corrected chi connectivity index (χ2v) is 6.12. The number of hydrogen-bond donors (Lipinski definition) is 5. The van der Waals surface area contributed by atoms with Crippen LogP contribution in [0.5, 0.6) is 0 Å². The molecule has 2 aromatic rings. The number of nitrogens with one attached hydrogen (secondary N) is 4. The van der Waals surface area contributed by atoms with Gasteiger partial charge in [0.2, 0.25) is 5.91 Å². The highest BCUT2D eigenvalue weighted by Crippen LogP contribution is 2.12. The second kappa shape index (κ2) is 11.9. The molecule has 0 fully saturated rings. The molecule has 11 nitrogen and oxygen atoms in total. The Bertz CT molecular complexity index is 887. The van der Waals surface area contributed by atoms with Crippen LogP contribution in [0, 0.1) is 0 Å². The number of benzene rings is 1. The van der Waals surface area contributed by atoms with Crippen LogP contribution < -0.4 is 27.2 Å². The lowest BCUT2D eigenvalue weighted by molar-refractivity contribution is -0.122. The molecule has 0 aliphatic rings. The monoisotopic (exact) mass is 413 g/mol. The van der Waals surface area contributed by atoms with E-state index in [0.29, 0.717) is 43.3 Å². The first-order chi connectivity index (χ1) is 14.6. The quantitative estimate of drug-likeness (QED) is 0.139. The highest BCUT2D eigenvalue weighted by molar-refractivity contribution is 5.94. The number of nitrogens with two attached hydrogens (primary N) is 1. The van der Waals surface area contributed by atoms with Crippen LogP contribution in [-0.4, -0.2) is 47.4 Å². The molecule has 0 radical (unpaired) electrons. The maximum atomic E-state index is 12.1. The van der Waals surface area contributed by atoms with Crippen molar-refractivity contribution in [2.24, 2.45) is 5.84 Å². The molecular weight excluding hydrogens is 390 g/mol. The highest BCUT2D eigenvalue weighted by Gasteiger charge is 2.08. The predicted octanol–water partition coefficient (Wildman–Crippen LogP) is 0.0119. The first-order valence-corrected chi connectivity index (χ1v) is 9.17. The van der Waals surface area contributed by atoms with E-state index in [9.17, 15) is 19.2 Å². The Morgan fingerprint density at radius 3 is 2.53 bits per heavy atom. The van der Waals surface area contributed by atoms with E-state index in [1.807, 2.05) is 0 Å². The normalized spacial score (nSPS) is 10.0. The van der Waals surface area contributed by atoms with Crippen molar-refractivity contribution in [2.45, 2.75) is 19.4 Å². The fourth-order valence-electron chi connectivity index (χ4n) is 2.45. The molecule has 0 unspecified atom stereocenters. The van der Waals surface area contributed by atoms with Crippen molar-refractivity contribution < 1.29 is 19.2 Å². The zero-order valence-electron chi connectivity index (χ0n) is 16.2. The van der Waals surface area contributed by atoms with Gasteiger partial charge in [-0.05, 0) is 30.7 Å². The van der Waals surface area contributed by atoms with Crippen molar-refractivity contribution in [1.29, 1.82) is 0 Å². The number of hydrogen-bond acceptors (Lipinski definition) is 9. The first kappa shape index (κ1) is 22.4. The van der Waals surface area contributed by atoms with Crippen molar-refractivity contribution in [3.8, 4) is 0 Å². The molecule has 0 atom stereocenters. The summed E-state index contributed by atoms with van der Waals surface area (Å²) in [7, 11) is 0. The van der Waals surface area contributed by atoms with Crippen molar-refractivity contribution in [3.05, 3.63) is 47.4 Å². The molecular formula is C19H23N7O4. The summed E-state index contributed by atoms with van der Waals surface area (Å²) >= 11 is 0. The van der Waals surface area contributed by atoms with Crippen LogP contribution in [0.25, 0.3) is 0 Å². The Labute approximate surface area is 172 Å². The minimum Gasteiger partial charge on any atom is -0.379 e. The lowest BCUT2D eigenvalue weighted by Crippen LogP contribution is -2.28. The Kier molecular flexibility index (Phi) is 8.87. The molecule has 1 aromatic heterocycles. The number of hydrazine groups is 1. The minimum absolute atomic E-state index is 0.00732. The number of carbonyl (C=O) groups is 4. The summed E-state index contributed by atoms with van der Waals surface area (Å²) in [6.45, 7) is 0.668. The van der Waals surface area contributed by atoms with Crippen molar-refractivity contribution in [1.82, 2.24) is 20.6 Å². The zero-order valence-corrected chi connectivity index (χ0v) is 16.2. The molecule has 6 N–H and O–H groups in total. The number of rotatable bonds is 12. The summed E-state index contributed by atoms with van der Waals surface area (Å²) in [5.74, 6) is 4.98. The average molecular weight is 413 g/mol. The van der Waals surface area contributed by atoms with Gasteiger partial charge in [0, 0.05) is 24.2 Å². The Hall–Kier alpha value is -3.86. The van der Waals surface area contributed by atoms with E-state index < -0.39 is 0 Å². The van der Waals surface area contributed by atoms with Gasteiger partial charge in [-0.15, -0.1) is 0 Å². The van der Waals surface area contributed by atoms with Gasteiger partial charge >= 0.3 is 0 Å². The van der Waals surface area contributed by atoms with Crippen LogP contribution >= 0.6 is 0 Å². The molecule has 2 amide bonds. The molecule has 1 aromatic carbocycles. The SMILES string of the molecule is NNc1ncc(CNc2ccc(C(=O)NCCCC(=O)NCC=O)cc2)nc1C=O. The topological polar surface area (TPSA) is 168 Å². The molecule has 30 heavy (non-hydrogen) atoms. The summed E-state index contributed by atoms with van der Waals surface area (Å²) < 4.78 is 0. The lowest BCUT2D eigenvalue weighted by atomic mass is 10.2. The highest BCUT2D eigenvalue weighted by atomic mass is 16.2. The number of aromatic nitrogens is 2. The third-order valence-electron chi connectivity index (χ3n) is 3.97. The third-order valence-corrected chi connectivity index (χ3v) is 3.97. The van der Waals surface area contributed by atoms with Crippen molar-refractivity contribution in [2.75, 3.05) is 23.8 Å². The van der Waals surface area contributed by atoms with Gasteiger partial charge in [0.25, 0.3) is 5.91 Å². The third kappa shape index (κ3) is 6.95. The fraction of sp³-hybridized carbons (Fsp3) is 0.263. The van der Waals surface area contributed by atoms with Gasteiger partial charge in [-0.1, -0.05) is 0 Å². The molecule has 158 valence electrons. The van der Waals surface area contributed by atoms with Crippen LogP contribution in [-0.2, 0) is 16.1 Å². The van der Waals surface area contributed by atoms with Gasteiger partial charge < -0.3 is 26.2 Å². The summed E-state index contributed by atoms with van der Waals surface area (Å²) in [6, 6.07) is 6.81. The number of nitrogens with zero attached hydrogens (tertiary/aromatic N) is 2. The van der Waals surface area contributed by atoms with Crippen LogP contribution in [0.15, 0.2) is 30.5 Å². The number of nitrogen functional groups attached to an aromatic ring is 1. The molecule has 0 aliphatic heterocycles. The summed E-state index contributed by atoms with van der Waals surface area (Å²) in [6.07, 6.45) is 3.38. The number of amides is 2. The summed E-state index contributed by atoms with van der Waals surface area (Å²) in [5.41, 5.74) is 4.20. The maximum Gasteiger partial charge on any atom is 0.251 e. The van der Waals surface area contributed by atoms with Crippen molar-refractivity contribution >= 4 is 35.9 Å². The van der Waals surface area contributed by atoms with Gasteiger partial charge in [-0.2, -0.15) is 0 Å². The van der Waals surface area contributed by atoms with E-state index in [2.05, 4.69) is 31.3 Å². The van der Waals surface area contributed by atoms with Crippen molar-refractivity contribution in [3.63, 3.8) is 0 Å². The van der Waals surface area contributed by atoms with Gasteiger partial charge in [0.05, 0.1) is 25.0 Å². The zero-order chi connectivity index (χ0) is 21.8. The summed E-state index contributed by atoms with van der Waals surface area (Å²) in [5, 5.41) is 8.29. The molecule has 0 bridgehead atoms. The number of aldehydes is 2. The first-order valence-electron chi connectivity index (χ1n) is 9.17. The maximum absolute atomic E-state index is 12.1. The van der Waals surface area contributed by atoms with Crippen LogP contribution in [0.1, 0.15) is 39.4 Å². The molecule has 0 saturated carbocycles. The fourth-order valence-corrected chi connectivity index (χ4v) is 2.45. The van der Waals surface area contributed by atoms with E-state index in [1.54, 1.807) is 24.3 Å². The summed E-state index contributed by atoms with van der Waals surface area (Å²) in [4.78, 5) is 52.8. The van der Waals surface area contributed by atoms with Crippen LogP contribution in [0.4, 0.5) is 11.5 Å². The number of carbonyl (C=O) groups excluding carboxylic acids is 4. The van der Waals surface area contributed by atoms with E-state index in [1.165, 1.54) is 6.20 Å². The molecule has 11 heteroatoms. The Balaban J connectivity index is 1.79. The average Bonchev–Trinajstić information content (AvgIpc) is 2.79. The second-order valence-electron chi connectivity index (χ2n) is 6.12. The molecule has 0 spiro atoms. The van der Waals surface area contributed by atoms with E-state index in [-0.39, 0.29) is 36.3 Å². The standard InChI is InChI=1S/C19H23N7O4/c20-26-18-16(12-28)25-15(11-24-18)10-23-14-5-3-13(4-6-14)19(30)22-7-1-2-17(29)21-8-9-27/h3-6,9,11-12,23H,1-2,7-8,10,20H2,(H,21,29)(H,22,30)(H,24,26). The minimum atomic E-state index is -0.249. The largest absolute Gasteiger partial charge is 0.379 e.